The lowest BCUT2D eigenvalue weighted by Crippen LogP contribution is -2.00. The van der Waals surface area contributed by atoms with E-state index in [1.807, 2.05) is 0 Å². The van der Waals surface area contributed by atoms with Gasteiger partial charge in [-0.2, -0.15) is 0 Å². The molecule has 0 aromatic heterocycles. The number of hydrogen-bond acceptors (Lipinski definition) is 0. The van der Waals surface area contributed by atoms with Gasteiger partial charge in [-0.3, -0.25) is 0 Å². The van der Waals surface area contributed by atoms with Gasteiger partial charge in [-0.05, 0) is 80.4 Å². The first kappa shape index (κ1) is 34.7. The Hall–Kier alpha value is -2.34. The molecule has 0 atom stereocenters. The third kappa shape index (κ3) is 11.4. The first-order valence-corrected chi connectivity index (χ1v) is 15.5. The highest BCUT2D eigenvalue weighted by atomic mass is 14.2. The summed E-state index contributed by atoms with van der Waals surface area (Å²) in [6, 6.07) is 24.7. The molecule has 0 amide bonds. The van der Waals surface area contributed by atoms with Gasteiger partial charge in [-0.25, -0.2) is 0 Å². The van der Waals surface area contributed by atoms with Crippen LogP contribution in [0.3, 0.4) is 0 Å². The van der Waals surface area contributed by atoms with Crippen molar-refractivity contribution in [1.82, 2.24) is 0 Å². The lowest BCUT2D eigenvalue weighted by molar-refractivity contribution is 0.778. The minimum Gasteiger partial charge on any atom is -0.0620 e. The Morgan fingerprint density at radius 3 is 0.846 bits per heavy atom. The average molecular weight is 529 g/mol. The molecule has 0 aliphatic rings. The molecular formula is C39H60. The summed E-state index contributed by atoms with van der Waals surface area (Å²) in [5, 5.41) is 0. The first-order chi connectivity index (χ1) is 18.2. The average Bonchev–Trinajstić information content (AvgIpc) is 2.88. The maximum atomic E-state index is 2.39. The third-order valence-electron chi connectivity index (χ3n) is 7.53. The lowest BCUT2D eigenvalue weighted by atomic mass is 9.87. The summed E-state index contributed by atoms with van der Waals surface area (Å²) in [5.41, 5.74) is 10.3. The SMILES string of the molecule is CC(C)c1ccc(C(C)C)c(C(C)C)c1.CC(C)c1ccc(C(C)C)cc1.CC(C)c1ccccc1C(C)C. The van der Waals surface area contributed by atoms with Gasteiger partial charge in [0.15, 0.2) is 0 Å². The molecule has 0 aliphatic heterocycles. The van der Waals surface area contributed by atoms with Gasteiger partial charge in [-0.15, -0.1) is 0 Å². The van der Waals surface area contributed by atoms with Crippen LogP contribution >= 0.6 is 0 Å². The van der Waals surface area contributed by atoms with Crippen molar-refractivity contribution in [2.45, 2.75) is 138 Å². The van der Waals surface area contributed by atoms with Crippen LogP contribution in [0.25, 0.3) is 0 Å². The Bertz CT molecular complexity index is 1020. The predicted octanol–water partition coefficient (Wildman–Crippen LogP) is 12.9. The third-order valence-corrected chi connectivity index (χ3v) is 7.53. The molecule has 3 rings (SSSR count). The van der Waals surface area contributed by atoms with Crippen LogP contribution in [0.1, 0.15) is 177 Å². The van der Waals surface area contributed by atoms with Gasteiger partial charge in [0, 0.05) is 0 Å². The van der Waals surface area contributed by atoms with E-state index in [1.165, 1.54) is 38.9 Å². The van der Waals surface area contributed by atoms with E-state index < -0.39 is 0 Å². The van der Waals surface area contributed by atoms with Crippen LogP contribution in [0.15, 0.2) is 66.7 Å². The Labute approximate surface area is 243 Å². The second kappa shape index (κ2) is 16.7. The topological polar surface area (TPSA) is 0 Å². The monoisotopic (exact) mass is 528 g/mol. The highest BCUT2D eigenvalue weighted by Crippen LogP contribution is 2.29. The second-order valence-corrected chi connectivity index (χ2v) is 13.3. The molecule has 0 aliphatic carbocycles. The standard InChI is InChI=1S/C15H24.2C12H18/c1-10(2)13-7-8-14(11(3)4)15(9-13)12(5)6;1-9(2)11-5-7-12(8-6-11)10(3)4;1-9(2)11-7-5-6-8-12(11)10(3)4/h7-12H,1-6H3;2*5-10H,1-4H3. The van der Waals surface area contributed by atoms with Crippen LogP contribution in [0.5, 0.6) is 0 Å². The maximum absolute atomic E-state index is 2.39. The van der Waals surface area contributed by atoms with Gasteiger partial charge in [0.05, 0.1) is 0 Å². The number of benzene rings is 3. The molecule has 0 N–H and O–H groups in total. The minimum atomic E-state index is 0.626. The van der Waals surface area contributed by atoms with Gasteiger partial charge in [0.25, 0.3) is 0 Å². The van der Waals surface area contributed by atoms with E-state index in [1.54, 1.807) is 0 Å². The molecule has 3 aromatic rings. The van der Waals surface area contributed by atoms with E-state index in [-0.39, 0.29) is 0 Å². The summed E-state index contributed by atoms with van der Waals surface area (Å²) in [6.07, 6.45) is 0. The van der Waals surface area contributed by atoms with E-state index in [0.717, 1.165) is 0 Å². The number of rotatable bonds is 7. The normalized spacial score (nSPS) is 11.4. The van der Waals surface area contributed by atoms with Crippen molar-refractivity contribution in [3.05, 3.63) is 106 Å². The zero-order chi connectivity index (χ0) is 29.9. The fourth-order valence-corrected chi connectivity index (χ4v) is 4.81. The summed E-state index contributed by atoms with van der Waals surface area (Å²) in [6.45, 7) is 31.5. The smallest absolute Gasteiger partial charge is 0.0216 e. The fourth-order valence-electron chi connectivity index (χ4n) is 4.81. The quantitative estimate of drug-likeness (QED) is 0.286. The maximum Gasteiger partial charge on any atom is -0.0216 e. The van der Waals surface area contributed by atoms with Crippen molar-refractivity contribution >= 4 is 0 Å². The predicted molar refractivity (Wildman–Crippen MR) is 178 cm³/mol. The van der Waals surface area contributed by atoms with E-state index >= 15 is 0 Å². The summed E-state index contributed by atoms with van der Waals surface area (Å²) >= 11 is 0. The Kier molecular flexibility index (Phi) is 14.8. The lowest BCUT2D eigenvalue weighted by Gasteiger charge is -2.18. The highest BCUT2D eigenvalue weighted by Gasteiger charge is 2.12. The second-order valence-electron chi connectivity index (χ2n) is 13.3. The molecule has 39 heavy (non-hydrogen) atoms. The Morgan fingerprint density at radius 1 is 0.282 bits per heavy atom. The molecule has 0 bridgehead atoms. The minimum absolute atomic E-state index is 0.626. The summed E-state index contributed by atoms with van der Waals surface area (Å²) < 4.78 is 0. The first-order valence-electron chi connectivity index (χ1n) is 15.5. The van der Waals surface area contributed by atoms with Crippen LogP contribution in [-0.2, 0) is 0 Å². The number of hydrogen-bond donors (Lipinski definition) is 0. The van der Waals surface area contributed by atoms with Gasteiger partial charge < -0.3 is 0 Å². The van der Waals surface area contributed by atoms with Crippen LogP contribution < -0.4 is 0 Å². The molecule has 0 heteroatoms. The van der Waals surface area contributed by atoms with Gasteiger partial charge in [0.2, 0.25) is 0 Å². The van der Waals surface area contributed by atoms with E-state index in [0.29, 0.717) is 41.4 Å². The molecule has 216 valence electrons. The molecular weight excluding hydrogens is 468 g/mol. The molecule has 0 heterocycles. The molecule has 0 unspecified atom stereocenters. The molecule has 3 aromatic carbocycles. The van der Waals surface area contributed by atoms with Crippen molar-refractivity contribution in [2.75, 3.05) is 0 Å². The zero-order valence-electron chi connectivity index (χ0n) is 27.9. The molecule has 0 saturated heterocycles. The van der Waals surface area contributed by atoms with E-state index in [2.05, 4.69) is 164 Å². The Morgan fingerprint density at radius 2 is 0.564 bits per heavy atom. The largest absolute Gasteiger partial charge is 0.0620 e. The van der Waals surface area contributed by atoms with Crippen LogP contribution in [0.4, 0.5) is 0 Å². The van der Waals surface area contributed by atoms with E-state index in [9.17, 15) is 0 Å². The van der Waals surface area contributed by atoms with Gasteiger partial charge >= 0.3 is 0 Å². The van der Waals surface area contributed by atoms with Crippen LogP contribution in [-0.4, -0.2) is 0 Å². The summed E-state index contributed by atoms with van der Waals surface area (Å²) in [5.74, 6) is 4.46. The summed E-state index contributed by atoms with van der Waals surface area (Å²) in [7, 11) is 0. The van der Waals surface area contributed by atoms with Crippen LogP contribution in [0, 0.1) is 0 Å². The van der Waals surface area contributed by atoms with Crippen molar-refractivity contribution in [3.63, 3.8) is 0 Å². The highest BCUT2D eigenvalue weighted by molar-refractivity contribution is 5.37. The molecule has 0 nitrogen and oxygen atoms in total. The van der Waals surface area contributed by atoms with Crippen molar-refractivity contribution in [2.24, 2.45) is 0 Å². The zero-order valence-corrected chi connectivity index (χ0v) is 27.9. The molecule has 0 radical (unpaired) electrons. The summed E-state index contributed by atoms with van der Waals surface area (Å²) in [4.78, 5) is 0. The van der Waals surface area contributed by atoms with Gasteiger partial charge in [-0.1, -0.05) is 164 Å². The molecule has 0 saturated carbocycles. The van der Waals surface area contributed by atoms with Crippen LogP contribution in [0.2, 0.25) is 0 Å². The molecule has 0 fully saturated rings. The van der Waals surface area contributed by atoms with Crippen molar-refractivity contribution in [3.8, 4) is 0 Å². The van der Waals surface area contributed by atoms with Crippen molar-refractivity contribution < 1.29 is 0 Å². The van der Waals surface area contributed by atoms with Crippen molar-refractivity contribution in [1.29, 1.82) is 0 Å². The fraction of sp³-hybridized carbons (Fsp3) is 0.538. The van der Waals surface area contributed by atoms with Gasteiger partial charge in [0.1, 0.15) is 0 Å². The molecule has 0 spiro atoms. The Balaban J connectivity index is 0.000000295. The van der Waals surface area contributed by atoms with E-state index in [4.69, 9.17) is 0 Å².